The number of hydrogen-bond acceptors (Lipinski definition) is 9. The van der Waals surface area contributed by atoms with Crippen molar-refractivity contribution < 1.29 is 32.5 Å². The first kappa shape index (κ1) is 35.0. The van der Waals surface area contributed by atoms with Gasteiger partial charge in [0.25, 0.3) is 5.91 Å². The number of benzene rings is 2. The molecule has 0 radical (unpaired) electrons. The van der Waals surface area contributed by atoms with Gasteiger partial charge >= 0.3 is 0 Å². The number of fused-ring (bicyclic) bond motifs is 4. The van der Waals surface area contributed by atoms with E-state index in [2.05, 4.69) is 21.8 Å². The largest absolute Gasteiger partial charge is 0.490 e. The second-order valence-corrected chi connectivity index (χ2v) is 18.0. The van der Waals surface area contributed by atoms with Gasteiger partial charge in [-0.15, -0.1) is 0 Å². The van der Waals surface area contributed by atoms with Crippen molar-refractivity contribution in [2.24, 2.45) is 29.4 Å². The average Bonchev–Trinajstić information content (AvgIpc) is 3.22. The van der Waals surface area contributed by atoms with Crippen LogP contribution in [0, 0.1) is 23.7 Å². The van der Waals surface area contributed by atoms with Crippen molar-refractivity contribution in [1.29, 1.82) is 0 Å². The molecule has 5 aliphatic rings. The highest BCUT2D eigenvalue weighted by atomic mass is 35.5. The predicted molar refractivity (Wildman–Crippen MR) is 188 cm³/mol. The molecule has 2 aliphatic carbocycles. The summed E-state index contributed by atoms with van der Waals surface area (Å²) in [7, 11) is -3.94. The van der Waals surface area contributed by atoms with Gasteiger partial charge in [-0.25, -0.2) is 13.1 Å². The van der Waals surface area contributed by atoms with Gasteiger partial charge < -0.3 is 30.0 Å². The number of hydrogen-bond donors (Lipinski definition) is 3. The van der Waals surface area contributed by atoms with E-state index in [1.165, 1.54) is 11.1 Å². The summed E-state index contributed by atoms with van der Waals surface area (Å²) < 4.78 is 48.5. The Balaban J connectivity index is 1.27. The van der Waals surface area contributed by atoms with Crippen molar-refractivity contribution in [2.45, 2.75) is 87.7 Å². The summed E-state index contributed by atoms with van der Waals surface area (Å²) in [5, 5.41) is 9.80. The fourth-order valence-corrected chi connectivity index (χ4v) is 10.4. The summed E-state index contributed by atoms with van der Waals surface area (Å²) in [5.41, 5.74) is 8.70. The number of amides is 1. The minimum absolute atomic E-state index is 0.0919. The summed E-state index contributed by atoms with van der Waals surface area (Å²) >= 11 is 6.45. The van der Waals surface area contributed by atoms with Crippen molar-refractivity contribution in [3.63, 3.8) is 0 Å². The number of anilines is 1. The second kappa shape index (κ2) is 13.6. The van der Waals surface area contributed by atoms with Crippen LogP contribution in [0.5, 0.6) is 5.75 Å². The Morgan fingerprint density at radius 3 is 2.55 bits per heavy atom. The lowest BCUT2D eigenvalue weighted by Gasteiger charge is -2.49. The molecule has 1 amide bonds. The van der Waals surface area contributed by atoms with E-state index >= 15 is 0 Å². The van der Waals surface area contributed by atoms with Gasteiger partial charge in [0.15, 0.2) is 6.29 Å². The van der Waals surface area contributed by atoms with E-state index in [1.54, 1.807) is 19.1 Å². The lowest BCUT2D eigenvalue weighted by Crippen LogP contribution is -2.59. The molecule has 7 rings (SSSR count). The lowest BCUT2D eigenvalue weighted by atomic mass is 9.64. The van der Waals surface area contributed by atoms with Crippen LogP contribution in [-0.4, -0.2) is 76.0 Å². The molecule has 3 heterocycles. The third-order valence-corrected chi connectivity index (χ3v) is 14.4. The Morgan fingerprint density at radius 1 is 1.02 bits per heavy atom. The quantitative estimate of drug-likeness (QED) is 0.401. The van der Waals surface area contributed by atoms with Gasteiger partial charge in [0.1, 0.15) is 5.75 Å². The fraction of sp³-hybridized carbons (Fsp3) is 0.649. The molecule has 2 aromatic rings. The molecular weight excluding hydrogens is 666 g/mol. The second-order valence-electron chi connectivity index (χ2n) is 15.6. The van der Waals surface area contributed by atoms with Crippen LogP contribution in [0.25, 0.3) is 0 Å². The molecule has 3 aliphatic heterocycles. The molecular formula is C37H50ClN3O7S. The summed E-state index contributed by atoms with van der Waals surface area (Å²) in [4.78, 5) is 15.9. The first-order valence-electron chi connectivity index (χ1n) is 17.9. The van der Waals surface area contributed by atoms with E-state index < -0.39 is 33.0 Å². The molecule has 6 atom stereocenters. The van der Waals surface area contributed by atoms with Crippen molar-refractivity contribution in [3.8, 4) is 5.75 Å². The number of nitrogens with two attached hydrogens (primary N) is 1. The van der Waals surface area contributed by atoms with Gasteiger partial charge in [0.2, 0.25) is 10.0 Å². The third-order valence-electron chi connectivity index (χ3n) is 12.2. The monoisotopic (exact) mass is 715 g/mol. The van der Waals surface area contributed by atoms with Crippen molar-refractivity contribution in [1.82, 2.24) is 4.72 Å². The van der Waals surface area contributed by atoms with E-state index in [1.807, 2.05) is 19.1 Å². The van der Waals surface area contributed by atoms with Crippen LogP contribution in [0.15, 0.2) is 36.4 Å². The summed E-state index contributed by atoms with van der Waals surface area (Å²) in [6.07, 6.45) is 6.89. The number of aliphatic hydroxyl groups excluding tert-OH is 1. The molecule has 10 nitrogen and oxygen atoms in total. The minimum Gasteiger partial charge on any atom is -0.490 e. The van der Waals surface area contributed by atoms with Gasteiger partial charge in [-0.3, -0.25) is 4.79 Å². The molecule has 1 spiro atoms. The van der Waals surface area contributed by atoms with E-state index in [0.717, 1.165) is 62.2 Å². The highest BCUT2D eigenvalue weighted by Crippen LogP contribution is 2.49. The van der Waals surface area contributed by atoms with Crippen LogP contribution >= 0.6 is 11.6 Å². The molecule has 1 unspecified atom stereocenters. The van der Waals surface area contributed by atoms with E-state index in [0.29, 0.717) is 37.2 Å². The Bertz CT molecular complexity index is 1660. The minimum atomic E-state index is -3.94. The number of aryl methyl sites for hydroxylation is 1. The van der Waals surface area contributed by atoms with Crippen LogP contribution in [-0.2, 0) is 31.3 Å². The lowest BCUT2D eigenvalue weighted by molar-refractivity contribution is -0.249. The zero-order valence-corrected chi connectivity index (χ0v) is 30.1. The fourth-order valence-electron chi connectivity index (χ4n) is 8.90. The Hall–Kier alpha value is -2.41. The van der Waals surface area contributed by atoms with Crippen LogP contribution in [0.2, 0.25) is 5.02 Å². The SMILES string of the molecule is C[C@@H]1[C@@H](C)CCC[C@H](C2OCC(N)(CO)CO2)C2CC[C@H]2CN2C[C@@]3(CCCc4cc(Cl)ccc43)COc3ccc(cc32)C(=O)NS1(=O)=O. The number of carbonyl (C=O) groups excluding carboxylic acids is 1. The number of ether oxygens (including phenoxy) is 3. The number of nitrogens with one attached hydrogen (secondary N) is 1. The Kier molecular flexibility index (Phi) is 9.73. The van der Waals surface area contributed by atoms with Gasteiger partial charge in [-0.05, 0) is 111 Å². The predicted octanol–water partition coefficient (Wildman–Crippen LogP) is 4.79. The molecule has 2 aromatic carbocycles. The Labute approximate surface area is 295 Å². The van der Waals surface area contributed by atoms with Crippen molar-refractivity contribution >= 4 is 33.2 Å². The molecule has 1 saturated carbocycles. The zero-order chi connectivity index (χ0) is 34.6. The van der Waals surface area contributed by atoms with Crippen LogP contribution < -0.4 is 20.1 Å². The molecule has 1 saturated heterocycles. The first-order chi connectivity index (χ1) is 23.4. The summed E-state index contributed by atoms with van der Waals surface area (Å²) in [6.45, 7) is 5.78. The van der Waals surface area contributed by atoms with Crippen LogP contribution in [0.4, 0.5) is 5.69 Å². The van der Waals surface area contributed by atoms with Gasteiger partial charge in [-0.2, -0.15) is 0 Å². The molecule has 4 N–H and O–H groups in total. The Morgan fingerprint density at radius 2 is 1.82 bits per heavy atom. The van der Waals surface area contributed by atoms with Crippen molar-refractivity contribution in [2.75, 3.05) is 44.4 Å². The maximum atomic E-state index is 13.5. The van der Waals surface area contributed by atoms with Crippen LogP contribution in [0.1, 0.15) is 80.3 Å². The molecule has 12 heteroatoms. The average molecular weight is 716 g/mol. The maximum absolute atomic E-state index is 13.5. The van der Waals surface area contributed by atoms with Gasteiger partial charge in [0.05, 0.1) is 42.9 Å². The molecule has 0 aromatic heterocycles. The smallest absolute Gasteiger partial charge is 0.264 e. The van der Waals surface area contributed by atoms with Crippen molar-refractivity contribution in [3.05, 3.63) is 58.1 Å². The maximum Gasteiger partial charge on any atom is 0.264 e. The van der Waals surface area contributed by atoms with E-state index in [4.69, 9.17) is 31.5 Å². The number of nitrogens with zero attached hydrogens (tertiary/aromatic N) is 1. The summed E-state index contributed by atoms with van der Waals surface area (Å²) in [5.74, 6) is 0.650. The molecule has 2 bridgehead atoms. The highest BCUT2D eigenvalue weighted by Gasteiger charge is 2.47. The number of halogens is 1. The van der Waals surface area contributed by atoms with E-state index in [-0.39, 0.29) is 42.6 Å². The zero-order valence-electron chi connectivity index (χ0n) is 28.5. The molecule has 2 fully saturated rings. The molecule has 268 valence electrons. The molecule has 49 heavy (non-hydrogen) atoms. The number of sulfonamides is 1. The third kappa shape index (κ3) is 6.83. The van der Waals surface area contributed by atoms with E-state index in [9.17, 15) is 18.3 Å². The number of rotatable bonds is 2. The summed E-state index contributed by atoms with van der Waals surface area (Å²) in [6, 6.07) is 11.5. The topological polar surface area (TPSA) is 140 Å². The van der Waals surface area contributed by atoms with Gasteiger partial charge in [-0.1, -0.05) is 31.0 Å². The van der Waals surface area contributed by atoms with Gasteiger partial charge in [0, 0.05) is 35.0 Å². The highest BCUT2D eigenvalue weighted by molar-refractivity contribution is 7.90. The number of carbonyl (C=O) groups is 1. The van der Waals surface area contributed by atoms with Crippen LogP contribution in [0.3, 0.4) is 0 Å². The standard InChI is InChI=1S/C37H50ClN3O7S/c1-23-5-3-7-30(35-47-21-37(39,19-42)22-48-35)29-11-8-27(29)17-41-18-36(14-4-6-25-15-28(38)10-12-31(25)36)20-46-33-13-9-26(16-32(33)41)34(43)40-49(44,45)24(23)2/h9-10,12-13,15-16,23-24,27,29-30,35,42H,3-8,11,14,17-22,39H2,1-2H3,(H,40,43)/t23-,24+,27-,29?,30-,35?,36-,37?/m0/s1. The first-order valence-corrected chi connectivity index (χ1v) is 19.8. The number of aliphatic hydroxyl groups is 1. The normalized spacial score (nSPS) is 36.3.